The van der Waals surface area contributed by atoms with Crippen LogP contribution in [0.5, 0.6) is 17.6 Å². The number of amides is 1. The van der Waals surface area contributed by atoms with Gasteiger partial charge in [-0.15, -0.1) is 0 Å². The number of aromatic nitrogens is 2. The molecule has 0 N–H and O–H groups in total. The van der Waals surface area contributed by atoms with Crippen LogP contribution in [0.25, 0.3) is 0 Å². The number of carbonyl (C=O) groups is 1. The van der Waals surface area contributed by atoms with Gasteiger partial charge in [-0.05, 0) is 39.0 Å². The van der Waals surface area contributed by atoms with E-state index in [1.165, 1.54) is 18.3 Å². The Morgan fingerprint density at radius 1 is 1.24 bits per heavy atom. The highest BCUT2D eigenvalue weighted by Gasteiger charge is 2.27. The molecule has 156 valence electrons. The fourth-order valence-corrected chi connectivity index (χ4v) is 2.91. The van der Waals surface area contributed by atoms with Gasteiger partial charge < -0.3 is 19.1 Å². The summed E-state index contributed by atoms with van der Waals surface area (Å²) >= 11 is 5.74. The van der Waals surface area contributed by atoms with Crippen molar-refractivity contribution in [2.45, 2.75) is 45.3 Å². The van der Waals surface area contributed by atoms with Gasteiger partial charge in [0.1, 0.15) is 11.7 Å². The van der Waals surface area contributed by atoms with Gasteiger partial charge in [0.2, 0.25) is 5.88 Å². The number of likely N-dealkylation sites (tertiary alicyclic amines) is 1. The smallest absolute Gasteiger partial charge is 0.410 e. The number of halogens is 2. The summed E-state index contributed by atoms with van der Waals surface area (Å²) in [5.41, 5.74) is -0.522. The van der Waals surface area contributed by atoms with Crippen molar-refractivity contribution in [1.82, 2.24) is 14.9 Å². The van der Waals surface area contributed by atoms with Crippen molar-refractivity contribution < 1.29 is 23.4 Å². The molecule has 1 aromatic heterocycles. The molecule has 0 spiro atoms. The van der Waals surface area contributed by atoms with Crippen LogP contribution in [0.3, 0.4) is 0 Å². The van der Waals surface area contributed by atoms with Crippen LogP contribution in [-0.4, -0.2) is 45.8 Å². The second kappa shape index (κ2) is 8.82. The normalized spacial score (nSPS) is 15.1. The van der Waals surface area contributed by atoms with Crippen molar-refractivity contribution in [2.24, 2.45) is 0 Å². The van der Waals surface area contributed by atoms with Crippen LogP contribution in [0.1, 0.15) is 33.6 Å². The molecule has 0 aliphatic carbocycles. The lowest BCUT2D eigenvalue weighted by Crippen LogP contribution is -2.44. The first-order valence-electron chi connectivity index (χ1n) is 9.30. The van der Waals surface area contributed by atoms with Gasteiger partial charge in [0.05, 0.1) is 0 Å². The van der Waals surface area contributed by atoms with Crippen molar-refractivity contribution >= 4 is 17.7 Å². The Labute approximate surface area is 173 Å². The highest BCUT2D eigenvalue weighted by atomic mass is 35.5. The Balaban J connectivity index is 1.55. The molecule has 0 bridgehead atoms. The quantitative estimate of drug-likeness (QED) is 0.700. The maximum atomic E-state index is 13.9. The summed E-state index contributed by atoms with van der Waals surface area (Å²) in [6, 6.07) is 5.63. The molecule has 1 fully saturated rings. The number of rotatable bonds is 4. The maximum absolute atomic E-state index is 13.9. The molecule has 0 unspecified atom stereocenters. The molecule has 1 amide bonds. The lowest BCUT2D eigenvalue weighted by molar-refractivity contribution is 0.0122. The first-order valence-corrected chi connectivity index (χ1v) is 9.68. The van der Waals surface area contributed by atoms with E-state index in [0.29, 0.717) is 31.8 Å². The van der Waals surface area contributed by atoms with Gasteiger partial charge in [-0.3, -0.25) is 0 Å². The minimum atomic E-state index is -0.609. The van der Waals surface area contributed by atoms with E-state index < -0.39 is 11.4 Å². The van der Waals surface area contributed by atoms with Gasteiger partial charge in [-0.25, -0.2) is 14.2 Å². The van der Waals surface area contributed by atoms with E-state index >= 15 is 0 Å². The van der Waals surface area contributed by atoms with Crippen LogP contribution < -0.4 is 9.47 Å². The summed E-state index contributed by atoms with van der Waals surface area (Å²) in [5, 5.41) is 0.269. The minimum Gasteiger partial charge on any atom is -0.474 e. The van der Waals surface area contributed by atoms with Crippen molar-refractivity contribution in [3.63, 3.8) is 0 Å². The zero-order chi connectivity index (χ0) is 21.0. The first kappa shape index (κ1) is 21.1. The molecule has 0 saturated carbocycles. The zero-order valence-electron chi connectivity index (χ0n) is 16.5. The summed E-state index contributed by atoms with van der Waals surface area (Å²) < 4.78 is 30.5. The third kappa shape index (κ3) is 6.19. The monoisotopic (exact) mass is 423 g/mol. The van der Waals surface area contributed by atoms with Crippen LogP contribution in [0.4, 0.5) is 9.18 Å². The standard InChI is InChI=1S/C20H23ClFN3O4/c1-20(2,3)29-19(26)25-10-7-14(8-11-25)27-17-6-9-23-18(24-17)28-16-5-4-13(21)12-15(16)22/h4-6,9,12,14H,7-8,10-11H2,1-3H3. The molecule has 9 heteroatoms. The number of nitrogens with zero attached hydrogens (tertiary/aromatic N) is 3. The van der Waals surface area contributed by atoms with E-state index in [1.807, 2.05) is 20.8 Å². The van der Waals surface area contributed by atoms with E-state index in [9.17, 15) is 9.18 Å². The summed E-state index contributed by atoms with van der Waals surface area (Å²) in [5.74, 6) is -0.320. The van der Waals surface area contributed by atoms with Crippen molar-refractivity contribution in [3.8, 4) is 17.6 Å². The van der Waals surface area contributed by atoms with E-state index in [4.69, 9.17) is 25.8 Å². The second-order valence-corrected chi connectivity index (χ2v) is 8.08. The molecule has 1 aromatic carbocycles. The molecule has 3 rings (SSSR count). The maximum Gasteiger partial charge on any atom is 0.410 e. The number of ether oxygens (including phenoxy) is 3. The Morgan fingerprint density at radius 3 is 2.62 bits per heavy atom. The molecule has 1 aliphatic heterocycles. The number of benzene rings is 1. The van der Waals surface area contributed by atoms with Crippen LogP contribution >= 0.6 is 11.6 Å². The molecule has 1 aliphatic rings. The predicted octanol–water partition coefficient (Wildman–Crippen LogP) is 4.84. The SMILES string of the molecule is CC(C)(C)OC(=O)N1CCC(Oc2ccnc(Oc3ccc(Cl)cc3F)n2)CC1. The van der Waals surface area contributed by atoms with Gasteiger partial charge in [-0.2, -0.15) is 4.98 Å². The lowest BCUT2D eigenvalue weighted by atomic mass is 10.1. The lowest BCUT2D eigenvalue weighted by Gasteiger charge is -2.33. The van der Waals surface area contributed by atoms with Crippen LogP contribution in [-0.2, 0) is 4.74 Å². The zero-order valence-corrected chi connectivity index (χ0v) is 17.3. The molecule has 2 heterocycles. The van der Waals surface area contributed by atoms with Crippen molar-refractivity contribution in [2.75, 3.05) is 13.1 Å². The van der Waals surface area contributed by atoms with Crippen LogP contribution in [0.15, 0.2) is 30.5 Å². The summed E-state index contributed by atoms with van der Waals surface area (Å²) in [6.07, 6.45) is 2.33. The summed E-state index contributed by atoms with van der Waals surface area (Å²) in [4.78, 5) is 21.9. The van der Waals surface area contributed by atoms with E-state index in [2.05, 4.69) is 9.97 Å². The third-order valence-corrected chi connectivity index (χ3v) is 4.32. The average Bonchev–Trinajstić information content (AvgIpc) is 2.64. The van der Waals surface area contributed by atoms with Gasteiger partial charge in [0.15, 0.2) is 11.6 Å². The molecular formula is C20H23ClFN3O4. The Morgan fingerprint density at radius 2 is 1.97 bits per heavy atom. The second-order valence-electron chi connectivity index (χ2n) is 7.64. The van der Waals surface area contributed by atoms with Gasteiger partial charge in [-0.1, -0.05) is 11.6 Å². The van der Waals surface area contributed by atoms with E-state index in [-0.39, 0.29) is 29.0 Å². The highest BCUT2D eigenvalue weighted by Crippen LogP contribution is 2.26. The molecule has 7 nitrogen and oxygen atoms in total. The van der Waals surface area contributed by atoms with E-state index in [1.54, 1.807) is 11.0 Å². The Bertz CT molecular complexity index is 867. The molecule has 0 atom stereocenters. The predicted molar refractivity (Wildman–Crippen MR) is 105 cm³/mol. The summed E-state index contributed by atoms with van der Waals surface area (Å²) in [7, 11) is 0. The topological polar surface area (TPSA) is 73.8 Å². The molecule has 0 radical (unpaired) electrons. The number of piperidine rings is 1. The van der Waals surface area contributed by atoms with Crippen LogP contribution in [0, 0.1) is 5.82 Å². The highest BCUT2D eigenvalue weighted by molar-refractivity contribution is 6.30. The average molecular weight is 424 g/mol. The van der Waals surface area contributed by atoms with Gasteiger partial charge >= 0.3 is 12.1 Å². The van der Waals surface area contributed by atoms with Gasteiger partial charge in [0.25, 0.3) is 0 Å². The molecule has 1 saturated heterocycles. The third-order valence-electron chi connectivity index (χ3n) is 4.08. The fraction of sp³-hybridized carbons (Fsp3) is 0.450. The van der Waals surface area contributed by atoms with Crippen molar-refractivity contribution in [3.05, 3.63) is 41.3 Å². The summed E-state index contributed by atoms with van der Waals surface area (Å²) in [6.45, 7) is 6.58. The number of hydrogen-bond acceptors (Lipinski definition) is 6. The largest absolute Gasteiger partial charge is 0.474 e. The Kier molecular flexibility index (Phi) is 6.42. The minimum absolute atomic E-state index is 0.0304. The first-order chi connectivity index (χ1) is 13.7. The fourth-order valence-electron chi connectivity index (χ4n) is 2.75. The van der Waals surface area contributed by atoms with E-state index in [0.717, 1.165) is 6.07 Å². The van der Waals surface area contributed by atoms with Gasteiger partial charge in [0, 0.05) is 43.2 Å². The molecule has 2 aromatic rings. The van der Waals surface area contributed by atoms with Crippen LogP contribution in [0.2, 0.25) is 5.02 Å². The molecular weight excluding hydrogens is 401 g/mol. The number of hydrogen-bond donors (Lipinski definition) is 0. The Hall–Kier alpha value is -2.61. The number of carbonyl (C=O) groups excluding carboxylic acids is 1. The molecule has 29 heavy (non-hydrogen) atoms. The van der Waals surface area contributed by atoms with Crippen molar-refractivity contribution in [1.29, 1.82) is 0 Å².